The average molecular weight is 371 g/mol. The Labute approximate surface area is 148 Å². The van der Waals surface area contributed by atoms with E-state index in [0.29, 0.717) is 26.4 Å². The Bertz CT molecular complexity index is 387. The number of carbonyl (C=O) groups is 1. The first-order chi connectivity index (χ1) is 11.4. The normalized spacial score (nSPS) is 16.5. The molecule has 0 radical (unpaired) electrons. The smallest absolute Gasteiger partial charge is 0.378 e. The molecular formula is C17H32F3NO4. The maximum atomic E-state index is 12.8. The summed E-state index contributed by atoms with van der Waals surface area (Å²) < 4.78 is 54.7. The summed E-state index contributed by atoms with van der Waals surface area (Å²) in [5.41, 5.74) is 3.21. The highest BCUT2D eigenvalue weighted by molar-refractivity contribution is 5.85. The zero-order valence-corrected chi connectivity index (χ0v) is 15.8. The van der Waals surface area contributed by atoms with Crippen LogP contribution < -0.4 is 5.73 Å². The Balaban J connectivity index is 3.92. The summed E-state index contributed by atoms with van der Waals surface area (Å²) in [5, 5.41) is 0. The number of ketones is 1. The van der Waals surface area contributed by atoms with E-state index in [2.05, 4.69) is 0 Å². The standard InChI is InChI=1S/C17H32F3NO4/c1-12(8-15(22)16(4,5)17(18,19)20)9-24-11-14(3)25-7-6-23-10-13(2)21/h12-14H,6-11,21H2,1-5H3. The molecule has 0 aromatic carbocycles. The molecule has 25 heavy (non-hydrogen) atoms. The summed E-state index contributed by atoms with van der Waals surface area (Å²) in [4.78, 5) is 11.8. The van der Waals surface area contributed by atoms with E-state index < -0.39 is 17.4 Å². The molecule has 0 heterocycles. The van der Waals surface area contributed by atoms with Gasteiger partial charge in [-0.3, -0.25) is 4.79 Å². The lowest BCUT2D eigenvalue weighted by molar-refractivity contribution is -0.210. The first kappa shape index (κ1) is 24.3. The molecule has 150 valence electrons. The molecule has 0 saturated carbocycles. The van der Waals surface area contributed by atoms with Crippen molar-refractivity contribution in [3.05, 3.63) is 0 Å². The van der Waals surface area contributed by atoms with E-state index in [1.54, 1.807) is 6.92 Å². The molecule has 5 nitrogen and oxygen atoms in total. The van der Waals surface area contributed by atoms with Gasteiger partial charge in [-0.05, 0) is 33.6 Å². The van der Waals surface area contributed by atoms with Crippen LogP contribution in [0, 0.1) is 11.3 Å². The Hall–Kier alpha value is -0.700. The van der Waals surface area contributed by atoms with E-state index in [9.17, 15) is 18.0 Å². The van der Waals surface area contributed by atoms with Gasteiger partial charge in [-0.2, -0.15) is 13.2 Å². The van der Waals surface area contributed by atoms with Crippen LogP contribution in [0.15, 0.2) is 0 Å². The lowest BCUT2D eigenvalue weighted by Gasteiger charge is -2.27. The first-order valence-electron chi connectivity index (χ1n) is 8.50. The molecule has 0 bridgehead atoms. The Kier molecular flexibility index (Phi) is 10.8. The molecule has 3 atom stereocenters. The van der Waals surface area contributed by atoms with Gasteiger partial charge in [0.25, 0.3) is 0 Å². The van der Waals surface area contributed by atoms with Crippen LogP contribution in [-0.4, -0.2) is 57.1 Å². The minimum Gasteiger partial charge on any atom is -0.378 e. The van der Waals surface area contributed by atoms with Crippen molar-refractivity contribution in [2.75, 3.05) is 33.0 Å². The lowest BCUT2D eigenvalue weighted by Crippen LogP contribution is -2.40. The summed E-state index contributed by atoms with van der Waals surface area (Å²) in [6, 6.07) is -0.0210. The van der Waals surface area contributed by atoms with Gasteiger partial charge in [-0.15, -0.1) is 0 Å². The fraction of sp³-hybridized carbons (Fsp3) is 0.941. The molecule has 2 N–H and O–H groups in total. The van der Waals surface area contributed by atoms with E-state index >= 15 is 0 Å². The minimum atomic E-state index is -4.54. The van der Waals surface area contributed by atoms with Gasteiger partial charge < -0.3 is 19.9 Å². The molecule has 0 aromatic heterocycles. The van der Waals surface area contributed by atoms with Crippen LogP contribution in [0.5, 0.6) is 0 Å². The molecule has 8 heteroatoms. The summed E-state index contributed by atoms with van der Waals surface area (Å²) in [6.45, 7) is 9.00. The van der Waals surface area contributed by atoms with Crippen molar-refractivity contribution in [2.24, 2.45) is 17.1 Å². The molecule has 0 rings (SSSR count). The van der Waals surface area contributed by atoms with E-state index in [0.717, 1.165) is 13.8 Å². The second kappa shape index (κ2) is 11.1. The maximum absolute atomic E-state index is 12.8. The number of hydrogen-bond donors (Lipinski definition) is 1. The number of carbonyl (C=O) groups excluding carboxylic acids is 1. The summed E-state index contributed by atoms with van der Waals surface area (Å²) >= 11 is 0. The van der Waals surface area contributed by atoms with Crippen LogP contribution in [0.1, 0.15) is 41.0 Å². The van der Waals surface area contributed by atoms with Crippen LogP contribution in [0.2, 0.25) is 0 Å². The quantitative estimate of drug-likeness (QED) is 0.504. The van der Waals surface area contributed by atoms with Gasteiger partial charge in [-0.1, -0.05) is 6.92 Å². The third-order valence-electron chi connectivity index (χ3n) is 3.71. The number of Topliss-reactive ketones (excluding diaryl/α,β-unsaturated/α-hetero) is 1. The van der Waals surface area contributed by atoms with Gasteiger partial charge in [0, 0.05) is 19.1 Å². The molecule has 0 aliphatic carbocycles. The van der Waals surface area contributed by atoms with Crippen LogP contribution in [0.3, 0.4) is 0 Å². The average Bonchev–Trinajstić information content (AvgIpc) is 2.45. The molecule has 0 amide bonds. The maximum Gasteiger partial charge on any atom is 0.400 e. The van der Waals surface area contributed by atoms with Crippen molar-refractivity contribution in [2.45, 2.75) is 59.4 Å². The Morgan fingerprint density at radius 1 is 1.00 bits per heavy atom. The van der Waals surface area contributed by atoms with Gasteiger partial charge in [0.2, 0.25) is 0 Å². The summed E-state index contributed by atoms with van der Waals surface area (Å²) in [5.74, 6) is -1.12. The second-order valence-electron chi connectivity index (χ2n) is 7.13. The van der Waals surface area contributed by atoms with Gasteiger partial charge >= 0.3 is 6.18 Å². The van der Waals surface area contributed by atoms with Crippen molar-refractivity contribution in [1.29, 1.82) is 0 Å². The molecule has 3 unspecified atom stereocenters. The highest BCUT2D eigenvalue weighted by Gasteiger charge is 2.52. The van der Waals surface area contributed by atoms with Gasteiger partial charge in [-0.25, -0.2) is 0 Å². The van der Waals surface area contributed by atoms with Crippen LogP contribution in [0.4, 0.5) is 13.2 Å². The van der Waals surface area contributed by atoms with Crippen molar-refractivity contribution >= 4 is 5.78 Å². The van der Waals surface area contributed by atoms with E-state index in [1.165, 1.54) is 0 Å². The van der Waals surface area contributed by atoms with Crippen molar-refractivity contribution in [3.63, 3.8) is 0 Å². The third kappa shape index (κ3) is 10.1. The minimum absolute atomic E-state index is 0.0210. The third-order valence-corrected chi connectivity index (χ3v) is 3.71. The SMILES string of the molecule is CC(N)COCCOC(C)COCC(C)CC(=O)C(C)(C)C(F)(F)F. The molecule has 0 fully saturated rings. The fourth-order valence-electron chi connectivity index (χ4n) is 1.85. The van der Waals surface area contributed by atoms with Crippen molar-refractivity contribution in [1.82, 2.24) is 0 Å². The van der Waals surface area contributed by atoms with Crippen molar-refractivity contribution in [3.8, 4) is 0 Å². The number of hydrogen-bond acceptors (Lipinski definition) is 5. The summed E-state index contributed by atoms with van der Waals surface area (Å²) in [6.07, 6.45) is -4.89. The number of nitrogens with two attached hydrogens (primary N) is 1. The predicted octanol–water partition coefficient (Wildman–Crippen LogP) is 2.96. The van der Waals surface area contributed by atoms with E-state index in [-0.39, 0.29) is 31.1 Å². The highest BCUT2D eigenvalue weighted by Crippen LogP contribution is 2.39. The van der Waals surface area contributed by atoms with E-state index in [1.807, 2.05) is 13.8 Å². The van der Waals surface area contributed by atoms with Crippen LogP contribution >= 0.6 is 0 Å². The first-order valence-corrected chi connectivity index (χ1v) is 8.50. The Morgan fingerprint density at radius 2 is 1.60 bits per heavy atom. The van der Waals surface area contributed by atoms with Gasteiger partial charge in [0.1, 0.15) is 11.2 Å². The van der Waals surface area contributed by atoms with Crippen molar-refractivity contribution < 1.29 is 32.2 Å². The molecular weight excluding hydrogens is 339 g/mol. The lowest BCUT2D eigenvalue weighted by atomic mass is 9.83. The topological polar surface area (TPSA) is 70.8 Å². The zero-order valence-electron chi connectivity index (χ0n) is 15.8. The molecule has 0 aliphatic rings. The second-order valence-corrected chi connectivity index (χ2v) is 7.13. The molecule has 0 saturated heterocycles. The van der Waals surface area contributed by atoms with E-state index in [4.69, 9.17) is 19.9 Å². The summed E-state index contributed by atoms with van der Waals surface area (Å²) in [7, 11) is 0. The highest BCUT2D eigenvalue weighted by atomic mass is 19.4. The fourth-order valence-corrected chi connectivity index (χ4v) is 1.85. The Morgan fingerprint density at radius 3 is 2.12 bits per heavy atom. The number of rotatable bonds is 13. The zero-order chi connectivity index (χ0) is 19.7. The molecule has 0 aromatic rings. The monoisotopic (exact) mass is 371 g/mol. The number of alkyl halides is 3. The molecule has 0 aliphatic heterocycles. The van der Waals surface area contributed by atoms with Gasteiger partial charge in [0.05, 0.1) is 32.5 Å². The number of ether oxygens (including phenoxy) is 3. The van der Waals surface area contributed by atoms with Gasteiger partial charge in [0.15, 0.2) is 0 Å². The molecule has 0 spiro atoms. The largest absolute Gasteiger partial charge is 0.400 e. The number of halogens is 3. The van der Waals surface area contributed by atoms with Crippen LogP contribution in [-0.2, 0) is 19.0 Å². The predicted molar refractivity (Wildman–Crippen MR) is 89.3 cm³/mol. The van der Waals surface area contributed by atoms with Crippen LogP contribution in [0.25, 0.3) is 0 Å².